The molecular formula is C42H29N3O2. The Kier molecular flexibility index (Phi) is 6.09. The summed E-state index contributed by atoms with van der Waals surface area (Å²) in [5.41, 5.74) is 9.42. The van der Waals surface area contributed by atoms with Crippen molar-refractivity contribution in [2.75, 3.05) is 0 Å². The van der Waals surface area contributed by atoms with Gasteiger partial charge in [0.15, 0.2) is 40.5 Å². The SMILES string of the molecule is CC1(C)c2ccccc2-c2c1ccc1c2Oc2cc(-c3ccccc3-c3nc(-c4ccccc4)nc(-c4ccccc4)n3)ccc2O1. The van der Waals surface area contributed by atoms with E-state index in [1.807, 2.05) is 84.9 Å². The van der Waals surface area contributed by atoms with Crippen LogP contribution in [-0.2, 0) is 5.41 Å². The zero-order valence-corrected chi connectivity index (χ0v) is 25.9. The van der Waals surface area contributed by atoms with Crippen molar-refractivity contribution in [3.05, 3.63) is 151 Å². The van der Waals surface area contributed by atoms with E-state index in [1.54, 1.807) is 0 Å². The second kappa shape index (κ2) is 10.5. The number of benzene rings is 6. The van der Waals surface area contributed by atoms with E-state index in [-0.39, 0.29) is 5.41 Å². The number of hydrogen-bond acceptors (Lipinski definition) is 5. The predicted molar refractivity (Wildman–Crippen MR) is 186 cm³/mol. The first-order valence-electron chi connectivity index (χ1n) is 15.8. The first kappa shape index (κ1) is 27.3. The molecule has 5 nitrogen and oxygen atoms in total. The van der Waals surface area contributed by atoms with Crippen molar-refractivity contribution in [1.82, 2.24) is 15.0 Å². The van der Waals surface area contributed by atoms with Crippen molar-refractivity contribution in [2.24, 2.45) is 0 Å². The van der Waals surface area contributed by atoms with Gasteiger partial charge in [-0.05, 0) is 46.0 Å². The fourth-order valence-electron chi connectivity index (χ4n) is 6.85. The summed E-state index contributed by atoms with van der Waals surface area (Å²) in [6.07, 6.45) is 0. The molecule has 7 aromatic rings. The second-order valence-electron chi connectivity index (χ2n) is 12.4. The molecule has 2 aliphatic rings. The van der Waals surface area contributed by atoms with Gasteiger partial charge in [0.05, 0.1) is 0 Å². The number of nitrogens with zero attached hydrogens (tertiary/aromatic N) is 3. The molecule has 0 unspecified atom stereocenters. The van der Waals surface area contributed by atoms with Crippen LogP contribution in [0.3, 0.4) is 0 Å². The van der Waals surface area contributed by atoms with Crippen LogP contribution in [0.4, 0.5) is 0 Å². The summed E-state index contributed by atoms with van der Waals surface area (Å²) in [6.45, 7) is 4.54. The minimum Gasteiger partial charge on any atom is -0.449 e. The van der Waals surface area contributed by atoms with E-state index < -0.39 is 0 Å². The molecule has 6 aromatic carbocycles. The lowest BCUT2D eigenvalue weighted by molar-refractivity contribution is 0.360. The summed E-state index contributed by atoms with van der Waals surface area (Å²) in [6, 6.07) is 47.2. The van der Waals surface area contributed by atoms with Crippen LogP contribution >= 0.6 is 0 Å². The summed E-state index contributed by atoms with van der Waals surface area (Å²) in [5, 5.41) is 0. The van der Waals surface area contributed by atoms with Gasteiger partial charge in [0.25, 0.3) is 0 Å². The predicted octanol–water partition coefficient (Wildman–Crippen LogP) is 10.7. The van der Waals surface area contributed by atoms with Crippen molar-refractivity contribution in [3.63, 3.8) is 0 Å². The quantitative estimate of drug-likeness (QED) is 0.199. The normalized spacial score (nSPS) is 13.4. The number of hydrogen-bond donors (Lipinski definition) is 0. The summed E-state index contributed by atoms with van der Waals surface area (Å²) >= 11 is 0. The maximum Gasteiger partial charge on any atom is 0.178 e. The standard InChI is InChI=1S/C42H29N3O2/c1-42(2)32-20-12-11-19-31(32)37-33(42)22-24-35-38(37)47-36-25-28(21-23-34(36)46-35)29-17-9-10-18-30(29)41-44-39(26-13-5-3-6-14-26)43-40(45-41)27-15-7-4-8-16-27/h3-25H,1-2H3. The molecule has 1 aromatic heterocycles. The zero-order valence-electron chi connectivity index (χ0n) is 25.9. The monoisotopic (exact) mass is 607 g/mol. The highest BCUT2D eigenvalue weighted by Crippen LogP contribution is 2.58. The van der Waals surface area contributed by atoms with Crippen molar-refractivity contribution >= 4 is 0 Å². The maximum absolute atomic E-state index is 6.77. The third-order valence-corrected chi connectivity index (χ3v) is 9.22. The summed E-state index contributed by atoms with van der Waals surface area (Å²) in [5.74, 6) is 4.69. The van der Waals surface area contributed by atoms with Gasteiger partial charge < -0.3 is 9.47 Å². The Bertz CT molecular complexity index is 2270. The van der Waals surface area contributed by atoms with Crippen LogP contribution in [0, 0.1) is 0 Å². The van der Waals surface area contributed by atoms with Crippen LogP contribution in [0.15, 0.2) is 140 Å². The van der Waals surface area contributed by atoms with Gasteiger partial charge in [-0.15, -0.1) is 0 Å². The van der Waals surface area contributed by atoms with E-state index in [2.05, 4.69) is 68.4 Å². The average Bonchev–Trinajstić information content (AvgIpc) is 3.37. The van der Waals surface area contributed by atoms with Crippen LogP contribution in [0.5, 0.6) is 23.0 Å². The summed E-state index contributed by atoms with van der Waals surface area (Å²) < 4.78 is 13.2. The molecule has 47 heavy (non-hydrogen) atoms. The van der Waals surface area contributed by atoms with Gasteiger partial charge in [-0.3, -0.25) is 0 Å². The Morgan fingerprint density at radius 2 is 1.00 bits per heavy atom. The first-order chi connectivity index (χ1) is 23.0. The van der Waals surface area contributed by atoms with Gasteiger partial charge >= 0.3 is 0 Å². The maximum atomic E-state index is 6.77. The molecule has 0 spiro atoms. The molecule has 0 N–H and O–H groups in total. The van der Waals surface area contributed by atoms with Crippen LogP contribution < -0.4 is 9.47 Å². The molecule has 0 radical (unpaired) electrons. The van der Waals surface area contributed by atoms with Crippen molar-refractivity contribution in [3.8, 4) is 79.4 Å². The third kappa shape index (κ3) is 4.43. The van der Waals surface area contributed by atoms with Gasteiger partial charge in [-0.1, -0.05) is 135 Å². The highest BCUT2D eigenvalue weighted by atomic mass is 16.6. The fraction of sp³-hybridized carbons (Fsp3) is 0.0714. The first-order valence-corrected chi connectivity index (χ1v) is 15.8. The average molecular weight is 608 g/mol. The largest absolute Gasteiger partial charge is 0.449 e. The molecule has 0 bridgehead atoms. The Morgan fingerprint density at radius 1 is 0.426 bits per heavy atom. The van der Waals surface area contributed by atoms with E-state index in [0.717, 1.165) is 44.9 Å². The second-order valence-corrected chi connectivity index (χ2v) is 12.4. The molecule has 1 aliphatic carbocycles. The molecule has 224 valence electrons. The molecule has 0 saturated carbocycles. The molecule has 1 aliphatic heterocycles. The molecule has 0 saturated heterocycles. The minimum absolute atomic E-state index is 0.132. The zero-order chi connectivity index (χ0) is 31.5. The third-order valence-electron chi connectivity index (χ3n) is 9.22. The number of aromatic nitrogens is 3. The smallest absolute Gasteiger partial charge is 0.178 e. The molecule has 0 atom stereocenters. The molecular weight excluding hydrogens is 578 g/mol. The lowest BCUT2D eigenvalue weighted by atomic mass is 9.82. The summed E-state index contributed by atoms with van der Waals surface area (Å²) in [7, 11) is 0. The number of fused-ring (bicyclic) bond motifs is 6. The van der Waals surface area contributed by atoms with E-state index in [0.29, 0.717) is 29.0 Å². The van der Waals surface area contributed by atoms with Crippen molar-refractivity contribution in [1.29, 1.82) is 0 Å². The number of ether oxygens (including phenoxy) is 2. The lowest BCUT2D eigenvalue weighted by Gasteiger charge is -2.25. The Labute approximate surface area is 273 Å². The fourth-order valence-corrected chi connectivity index (χ4v) is 6.85. The van der Waals surface area contributed by atoms with Gasteiger partial charge in [-0.2, -0.15) is 0 Å². The van der Waals surface area contributed by atoms with Crippen molar-refractivity contribution in [2.45, 2.75) is 19.3 Å². The van der Waals surface area contributed by atoms with Gasteiger partial charge in [0.1, 0.15) is 0 Å². The van der Waals surface area contributed by atoms with Gasteiger partial charge in [0, 0.05) is 27.7 Å². The Hall–Kier alpha value is -6.07. The Balaban J connectivity index is 1.16. The molecule has 0 fully saturated rings. The van der Waals surface area contributed by atoms with Crippen LogP contribution in [0.2, 0.25) is 0 Å². The minimum atomic E-state index is -0.132. The van der Waals surface area contributed by atoms with E-state index in [1.165, 1.54) is 16.7 Å². The topological polar surface area (TPSA) is 57.1 Å². The van der Waals surface area contributed by atoms with Crippen molar-refractivity contribution < 1.29 is 9.47 Å². The van der Waals surface area contributed by atoms with E-state index in [9.17, 15) is 0 Å². The molecule has 2 heterocycles. The van der Waals surface area contributed by atoms with Gasteiger partial charge in [-0.25, -0.2) is 15.0 Å². The highest BCUT2D eigenvalue weighted by molar-refractivity contribution is 5.89. The van der Waals surface area contributed by atoms with Crippen LogP contribution in [0.25, 0.3) is 56.4 Å². The van der Waals surface area contributed by atoms with E-state index in [4.69, 9.17) is 24.4 Å². The van der Waals surface area contributed by atoms with Crippen LogP contribution in [-0.4, -0.2) is 15.0 Å². The van der Waals surface area contributed by atoms with E-state index >= 15 is 0 Å². The van der Waals surface area contributed by atoms with Gasteiger partial charge in [0.2, 0.25) is 0 Å². The number of rotatable bonds is 4. The lowest BCUT2D eigenvalue weighted by Crippen LogP contribution is -2.15. The Morgan fingerprint density at radius 3 is 1.70 bits per heavy atom. The molecule has 0 amide bonds. The highest BCUT2D eigenvalue weighted by Gasteiger charge is 2.39. The van der Waals surface area contributed by atoms with Crippen LogP contribution in [0.1, 0.15) is 25.0 Å². The molecule has 9 rings (SSSR count). The molecule has 5 heteroatoms. The summed E-state index contributed by atoms with van der Waals surface area (Å²) in [4.78, 5) is 14.9.